The molecule has 0 bridgehead atoms. The topological polar surface area (TPSA) is 47.3 Å². The fraction of sp³-hybridized carbons (Fsp3) is 0.118. The fourth-order valence-electron chi connectivity index (χ4n) is 2.18. The zero-order valence-corrected chi connectivity index (χ0v) is 11.9. The van der Waals surface area contributed by atoms with Gasteiger partial charge in [0.25, 0.3) is 0 Å². The molecule has 0 aliphatic carbocycles. The van der Waals surface area contributed by atoms with Crippen molar-refractivity contribution in [2.75, 3.05) is 0 Å². The highest BCUT2D eigenvalue weighted by Crippen LogP contribution is 2.16. The Morgan fingerprint density at radius 1 is 1.24 bits per heavy atom. The molecule has 0 spiro atoms. The molecule has 0 radical (unpaired) electrons. The summed E-state index contributed by atoms with van der Waals surface area (Å²) in [5, 5.41) is 4.27. The molecule has 0 fully saturated rings. The van der Waals surface area contributed by atoms with Gasteiger partial charge in [-0.2, -0.15) is 5.10 Å². The van der Waals surface area contributed by atoms with Gasteiger partial charge < -0.3 is 0 Å². The van der Waals surface area contributed by atoms with Crippen molar-refractivity contribution in [3.63, 3.8) is 0 Å². The van der Waals surface area contributed by atoms with Crippen molar-refractivity contribution < 1.29 is 4.79 Å². The Morgan fingerprint density at radius 2 is 2.10 bits per heavy atom. The van der Waals surface area contributed by atoms with Crippen LogP contribution in [0, 0.1) is 6.92 Å². The summed E-state index contributed by atoms with van der Waals surface area (Å²) in [7, 11) is 0. The van der Waals surface area contributed by atoms with Crippen molar-refractivity contribution >= 4 is 23.6 Å². The molecule has 0 saturated carbocycles. The summed E-state index contributed by atoms with van der Waals surface area (Å²) in [6.45, 7) is 3.60. The first-order chi connectivity index (χ1) is 10.1. The fourth-order valence-corrected chi connectivity index (χ4v) is 2.18. The van der Waals surface area contributed by atoms with Crippen LogP contribution in [0.5, 0.6) is 0 Å². The summed E-state index contributed by atoms with van der Waals surface area (Å²) < 4.78 is 1.78. The van der Waals surface area contributed by atoms with Crippen molar-refractivity contribution in [3.05, 3.63) is 65.1 Å². The first-order valence-corrected chi connectivity index (χ1v) is 6.73. The number of Topliss-reactive ketones (excluding diaryl/α,β-unsaturated/α-hetero) is 1. The number of carbonyl (C=O) groups is 1. The first-order valence-electron chi connectivity index (χ1n) is 6.73. The second-order valence-electron chi connectivity index (χ2n) is 4.94. The molecule has 3 rings (SSSR count). The quantitative estimate of drug-likeness (QED) is 0.689. The third kappa shape index (κ3) is 2.60. The van der Waals surface area contributed by atoms with Crippen LogP contribution in [0.25, 0.3) is 17.8 Å². The van der Waals surface area contributed by atoms with E-state index in [-0.39, 0.29) is 5.78 Å². The monoisotopic (exact) mass is 277 g/mol. The Kier molecular flexibility index (Phi) is 3.36. The molecule has 1 aromatic carbocycles. The average Bonchev–Trinajstić information content (AvgIpc) is 2.89. The number of rotatable bonds is 3. The molecule has 0 amide bonds. The van der Waals surface area contributed by atoms with Gasteiger partial charge in [-0.25, -0.2) is 9.50 Å². The molecule has 2 heterocycles. The van der Waals surface area contributed by atoms with Crippen LogP contribution in [-0.4, -0.2) is 20.4 Å². The minimum Gasteiger partial charge on any atom is -0.295 e. The molecular weight excluding hydrogens is 262 g/mol. The lowest BCUT2D eigenvalue weighted by molar-refractivity contribution is 0.101. The van der Waals surface area contributed by atoms with Gasteiger partial charge in [-0.05, 0) is 49.2 Å². The molecule has 4 nitrogen and oxygen atoms in total. The van der Waals surface area contributed by atoms with Crippen molar-refractivity contribution in [2.45, 2.75) is 13.8 Å². The van der Waals surface area contributed by atoms with E-state index in [2.05, 4.69) is 10.1 Å². The van der Waals surface area contributed by atoms with Crippen LogP contribution in [0.1, 0.15) is 34.1 Å². The van der Waals surface area contributed by atoms with Gasteiger partial charge in [0.1, 0.15) is 0 Å². The van der Waals surface area contributed by atoms with Gasteiger partial charge in [0.15, 0.2) is 11.4 Å². The van der Waals surface area contributed by atoms with Crippen LogP contribution in [-0.2, 0) is 0 Å². The Labute approximate surface area is 122 Å². The Bertz CT molecular complexity index is 846. The summed E-state index contributed by atoms with van der Waals surface area (Å²) in [6, 6.07) is 9.49. The van der Waals surface area contributed by atoms with Crippen LogP contribution in [0.4, 0.5) is 0 Å². The lowest BCUT2D eigenvalue weighted by Gasteiger charge is -2.03. The molecule has 21 heavy (non-hydrogen) atoms. The lowest BCUT2D eigenvalue weighted by Crippen LogP contribution is -1.94. The highest BCUT2D eigenvalue weighted by molar-refractivity contribution is 5.95. The number of aromatic nitrogens is 3. The third-order valence-electron chi connectivity index (χ3n) is 3.42. The number of hydrogen-bond donors (Lipinski definition) is 0. The molecule has 3 aromatic rings. The van der Waals surface area contributed by atoms with Crippen LogP contribution in [0.2, 0.25) is 0 Å². The number of benzene rings is 1. The molecule has 0 aliphatic rings. The largest absolute Gasteiger partial charge is 0.295 e. The number of ketones is 1. The SMILES string of the molecule is CC(=O)c1ccc(C)c(/C=C/c2cnc3cccnn23)c1. The van der Waals surface area contributed by atoms with E-state index in [1.165, 1.54) is 0 Å². The standard InChI is InChI=1S/C17H15N3O/c1-12-5-6-15(13(2)21)10-14(12)7-8-16-11-18-17-4-3-9-19-20(16)17/h3-11H,1-2H3/b8-7+. The predicted molar refractivity (Wildman–Crippen MR) is 83.1 cm³/mol. The highest BCUT2D eigenvalue weighted by Gasteiger charge is 2.03. The predicted octanol–water partition coefficient (Wildman–Crippen LogP) is 3.41. The molecule has 0 unspecified atom stereocenters. The normalized spacial score (nSPS) is 11.3. The van der Waals surface area contributed by atoms with Gasteiger partial charge >= 0.3 is 0 Å². The summed E-state index contributed by atoms with van der Waals surface area (Å²) in [5.41, 5.74) is 4.58. The molecule has 2 aromatic heterocycles. The summed E-state index contributed by atoms with van der Waals surface area (Å²) in [6.07, 6.45) is 7.45. The third-order valence-corrected chi connectivity index (χ3v) is 3.42. The number of carbonyl (C=O) groups excluding carboxylic acids is 1. The van der Waals surface area contributed by atoms with E-state index in [0.29, 0.717) is 0 Å². The van der Waals surface area contributed by atoms with Gasteiger partial charge in [0.05, 0.1) is 11.9 Å². The minimum atomic E-state index is 0.0705. The van der Waals surface area contributed by atoms with E-state index in [1.54, 1.807) is 23.8 Å². The maximum absolute atomic E-state index is 11.5. The van der Waals surface area contributed by atoms with Crippen LogP contribution < -0.4 is 0 Å². The van der Waals surface area contributed by atoms with Crippen molar-refractivity contribution in [2.24, 2.45) is 0 Å². The van der Waals surface area contributed by atoms with Crippen LogP contribution in [0.3, 0.4) is 0 Å². The maximum atomic E-state index is 11.5. The van der Waals surface area contributed by atoms with Crippen molar-refractivity contribution in [3.8, 4) is 0 Å². The molecule has 0 N–H and O–H groups in total. The maximum Gasteiger partial charge on any atom is 0.159 e. The summed E-state index contributed by atoms with van der Waals surface area (Å²) in [4.78, 5) is 15.8. The van der Waals surface area contributed by atoms with Gasteiger partial charge in [-0.3, -0.25) is 4.79 Å². The van der Waals surface area contributed by atoms with E-state index < -0.39 is 0 Å². The minimum absolute atomic E-state index is 0.0705. The van der Waals surface area contributed by atoms with Crippen LogP contribution in [0.15, 0.2) is 42.7 Å². The van der Waals surface area contributed by atoms with Gasteiger partial charge in [0.2, 0.25) is 0 Å². The lowest BCUT2D eigenvalue weighted by atomic mass is 10.0. The molecule has 0 atom stereocenters. The zero-order chi connectivity index (χ0) is 14.8. The molecule has 0 aliphatic heterocycles. The van der Waals surface area contributed by atoms with Gasteiger partial charge in [-0.1, -0.05) is 18.2 Å². The molecule has 0 saturated heterocycles. The average molecular weight is 277 g/mol. The molecule has 4 heteroatoms. The van der Waals surface area contributed by atoms with Crippen molar-refractivity contribution in [1.29, 1.82) is 0 Å². The summed E-state index contributed by atoms with van der Waals surface area (Å²) in [5.74, 6) is 0.0705. The Morgan fingerprint density at radius 3 is 2.90 bits per heavy atom. The second-order valence-corrected chi connectivity index (χ2v) is 4.94. The van der Waals surface area contributed by atoms with E-state index in [4.69, 9.17) is 0 Å². The first kappa shape index (κ1) is 13.2. The number of fused-ring (bicyclic) bond motifs is 1. The summed E-state index contributed by atoms with van der Waals surface area (Å²) >= 11 is 0. The van der Waals surface area contributed by atoms with Gasteiger partial charge in [0, 0.05) is 11.8 Å². The smallest absolute Gasteiger partial charge is 0.159 e. The van der Waals surface area contributed by atoms with E-state index in [1.807, 2.05) is 49.4 Å². The number of aryl methyl sites for hydroxylation is 1. The van der Waals surface area contributed by atoms with Crippen LogP contribution >= 0.6 is 0 Å². The van der Waals surface area contributed by atoms with Crippen molar-refractivity contribution in [1.82, 2.24) is 14.6 Å². The molecular formula is C17H15N3O. The zero-order valence-electron chi connectivity index (χ0n) is 11.9. The number of hydrogen-bond acceptors (Lipinski definition) is 3. The van der Waals surface area contributed by atoms with Gasteiger partial charge in [-0.15, -0.1) is 0 Å². The molecule has 104 valence electrons. The Hall–Kier alpha value is -2.75. The second kappa shape index (κ2) is 5.32. The Balaban J connectivity index is 1.99. The highest BCUT2D eigenvalue weighted by atomic mass is 16.1. The van der Waals surface area contributed by atoms with E-state index in [9.17, 15) is 4.79 Å². The van der Waals surface area contributed by atoms with E-state index in [0.717, 1.165) is 28.0 Å². The number of imidazole rings is 1. The van der Waals surface area contributed by atoms with E-state index >= 15 is 0 Å². The number of nitrogens with zero attached hydrogens (tertiary/aromatic N) is 3.